The van der Waals surface area contributed by atoms with Gasteiger partial charge in [0.2, 0.25) is 0 Å². The molecule has 0 bridgehead atoms. The maximum absolute atomic E-state index is 13.5. The third-order valence-corrected chi connectivity index (χ3v) is 4.74. The number of carbonyl (C=O) groups is 2. The normalized spacial score (nSPS) is 12.3. The molecule has 0 spiro atoms. The van der Waals surface area contributed by atoms with E-state index in [0.29, 0.717) is 12.1 Å². The Balaban J connectivity index is 2.31. The van der Waals surface area contributed by atoms with Gasteiger partial charge in [0.05, 0.1) is 16.6 Å². The largest absolute Gasteiger partial charge is 0.546 e. The van der Waals surface area contributed by atoms with Crippen LogP contribution in [0.2, 0.25) is 10.0 Å². The number of ether oxygens (including phenoxy) is 1. The van der Waals surface area contributed by atoms with E-state index >= 15 is 0 Å². The van der Waals surface area contributed by atoms with Crippen LogP contribution in [0.5, 0.6) is 5.75 Å². The molecular weight excluding hydrogens is 451 g/mol. The van der Waals surface area contributed by atoms with Crippen LogP contribution in [0.1, 0.15) is 35.3 Å². The zero-order valence-corrected chi connectivity index (χ0v) is 17.0. The monoisotopic (exact) mass is 463 g/mol. The van der Waals surface area contributed by atoms with Crippen molar-refractivity contribution in [1.82, 2.24) is 0 Å². The van der Waals surface area contributed by atoms with Crippen molar-refractivity contribution in [2.45, 2.75) is 25.6 Å². The summed E-state index contributed by atoms with van der Waals surface area (Å²) in [5.74, 6) is -3.65. The SMILES string of the molecule is CC(C)(Oc1ccc(C=CC(=O)c2cc(F)cc(C(F)(F)F)c2)c(Cl)c1Cl)C(=O)[O-]. The molecule has 0 N–H and O–H groups in total. The molecule has 4 nitrogen and oxygen atoms in total. The second-order valence-corrected chi connectivity index (χ2v) is 7.36. The summed E-state index contributed by atoms with van der Waals surface area (Å²) in [6.45, 7) is 2.49. The number of carbonyl (C=O) groups excluding carboxylic acids is 2. The lowest BCUT2D eigenvalue weighted by atomic mass is 10.0. The van der Waals surface area contributed by atoms with E-state index in [1.165, 1.54) is 32.1 Å². The van der Waals surface area contributed by atoms with E-state index in [4.69, 9.17) is 27.9 Å². The van der Waals surface area contributed by atoms with Gasteiger partial charge in [-0.25, -0.2) is 4.39 Å². The number of rotatable bonds is 6. The average molecular weight is 464 g/mol. The van der Waals surface area contributed by atoms with E-state index in [2.05, 4.69) is 0 Å². The van der Waals surface area contributed by atoms with Crippen molar-refractivity contribution in [3.05, 3.63) is 69.0 Å². The van der Waals surface area contributed by atoms with Gasteiger partial charge in [-0.05, 0) is 61.9 Å². The quantitative estimate of drug-likeness (QED) is 0.345. The highest BCUT2D eigenvalue weighted by Crippen LogP contribution is 2.37. The fourth-order valence-corrected chi connectivity index (χ4v) is 2.66. The van der Waals surface area contributed by atoms with Gasteiger partial charge in [-0.15, -0.1) is 0 Å². The minimum atomic E-state index is -4.81. The van der Waals surface area contributed by atoms with Crippen LogP contribution in [-0.2, 0) is 11.0 Å². The lowest BCUT2D eigenvalue weighted by molar-refractivity contribution is -0.320. The molecule has 0 fully saturated rings. The van der Waals surface area contributed by atoms with Crippen molar-refractivity contribution >= 4 is 41.0 Å². The highest BCUT2D eigenvalue weighted by Gasteiger charge is 2.31. The summed E-state index contributed by atoms with van der Waals surface area (Å²) in [5.41, 5.74) is -3.30. The van der Waals surface area contributed by atoms with E-state index in [-0.39, 0.29) is 27.4 Å². The smallest absolute Gasteiger partial charge is 0.416 e. The van der Waals surface area contributed by atoms with Crippen molar-refractivity contribution in [1.29, 1.82) is 0 Å². The van der Waals surface area contributed by atoms with E-state index in [1.807, 2.05) is 0 Å². The zero-order valence-electron chi connectivity index (χ0n) is 15.4. The minimum Gasteiger partial charge on any atom is -0.546 e. The number of hydrogen-bond donors (Lipinski definition) is 0. The number of carboxylic acids is 1. The fourth-order valence-electron chi connectivity index (χ4n) is 2.23. The topological polar surface area (TPSA) is 66.4 Å². The Labute approximate surface area is 178 Å². The molecule has 0 amide bonds. The molecule has 0 saturated carbocycles. The molecule has 0 aromatic heterocycles. The van der Waals surface area contributed by atoms with Crippen molar-refractivity contribution in [2.75, 3.05) is 0 Å². The summed E-state index contributed by atoms with van der Waals surface area (Å²) in [5, 5.41) is 10.8. The van der Waals surface area contributed by atoms with Gasteiger partial charge in [-0.1, -0.05) is 23.2 Å². The molecule has 2 aromatic carbocycles. The Bertz CT molecular complexity index is 1030. The van der Waals surface area contributed by atoms with Crippen molar-refractivity contribution < 1.29 is 37.0 Å². The van der Waals surface area contributed by atoms with Gasteiger partial charge >= 0.3 is 6.18 Å². The first-order valence-electron chi connectivity index (χ1n) is 8.21. The second-order valence-electron chi connectivity index (χ2n) is 6.60. The Morgan fingerprint density at radius 3 is 2.27 bits per heavy atom. The maximum atomic E-state index is 13.5. The molecule has 10 heteroatoms. The molecule has 2 rings (SSSR count). The molecule has 2 aromatic rings. The van der Waals surface area contributed by atoms with Gasteiger partial charge in [0.25, 0.3) is 0 Å². The lowest BCUT2D eigenvalue weighted by Gasteiger charge is -2.28. The van der Waals surface area contributed by atoms with E-state index < -0.39 is 40.5 Å². The van der Waals surface area contributed by atoms with Crippen LogP contribution < -0.4 is 9.84 Å². The number of benzene rings is 2. The molecule has 0 aliphatic rings. The van der Waals surface area contributed by atoms with Crippen LogP contribution >= 0.6 is 23.2 Å². The van der Waals surface area contributed by atoms with Crippen LogP contribution in [0.15, 0.2) is 36.4 Å². The Morgan fingerprint density at radius 1 is 1.07 bits per heavy atom. The standard InChI is InChI=1S/C20H14Cl2F4O4/c1-19(2,18(28)29)30-15-6-4-10(16(21)17(15)22)3-5-14(27)11-7-12(20(24,25)26)9-13(23)8-11/h3-9H,1-2H3,(H,28,29)/p-1. The number of allylic oxidation sites excluding steroid dienone is 1. The predicted molar refractivity (Wildman–Crippen MR) is 101 cm³/mol. The van der Waals surface area contributed by atoms with Gasteiger partial charge in [-0.3, -0.25) is 4.79 Å². The Kier molecular flexibility index (Phi) is 6.83. The molecular formula is C20H13Cl2F4O4-. The van der Waals surface area contributed by atoms with Gasteiger partial charge < -0.3 is 14.6 Å². The molecule has 0 aliphatic carbocycles. The molecule has 160 valence electrons. The Morgan fingerprint density at radius 2 is 1.70 bits per heavy atom. The molecule has 0 unspecified atom stereocenters. The van der Waals surface area contributed by atoms with Gasteiger partial charge in [-0.2, -0.15) is 13.2 Å². The Hall–Kier alpha value is -2.58. The van der Waals surface area contributed by atoms with Crippen molar-refractivity contribution in [3.63, 3.8) is 0 Å². The van der Waals surface area contributed by atoms with Crippen LogP contribution in [0, 0.1) is 5.82 Å². The molecule has 0 aliphatic heterocycles. The summed E-state index contributed by atoms with van der Waals surface area (Å²) in [4.78, 5) is 23.2. The summed E-state index contributed by atoms with van der Waals surface area (Å²) in [6.07, 6.45) is -2.74. The van der Waals surface area contributed by atoms with E-state index in [9.17, 15) is 32.3 Å². The number of alkyl halides is 3. The second kappa shape index (κ2) is 8.65. The number of hydrogen-bond acceptors (Lipinski definition) is 4. The number of carboxylic acid groups (broad SMARTS) is 1. The van der Waals surface area contributed by atoms with Crippen molar-refractivity contribution in [3.8, 4) is 5.75 Å². The summed E-state index contributed by atoms with van der Waals surface area (Å²) < 4.78 is 57.1. The van der Waals surface area contributed by atoms with E-state index in [1.54, 1.807) is 0 Å². The van der Waals surface area contributed by atoms with Gasteiger partial charge in [0.15, 0.2) is 5.78 Å². The average Bonchev–Trinajstić information content (AvgIpc) is 2.63. The third kappa shape index (κ3) is 5.52. The van der Waals surface area contributed by atoms with E-state index in [0.717, 1.165) is 6.08 Å². The van der Waals surface area contributed by atoms with Crippen LogP contribution in [-0.4, -0.2) is 17.4 Å². The highest BCUT2D eigenvalue weighted by molar-refractivity contribution is 6.43. The molecule has 0 atom stereocenters. The van der Waals surface area contributed by atoms with Crippen LogP contribution in [0.4, 0.5) is 17.6 Å². The van der Waals surface area contributed by atoms with Crippen molar-refractivity contribution in [2.24, 2.45) is 0 Å². The third-order valence-electron chi connectivity index (χ3n) is 3.86. The number of halogens is 6. The first-order chi connectivity index (χ1) is 13.7. The molecule has 0 heterocycles. The minimum absolute atomic E-state index is 0.0562. The summed E-state index contributed by atoms with van der Waals surface area (Å²) >= 11 is 12.2. The predicted octanol–water partition coefficient (Wildman–Crippen LogP) is 4.95. The maximum Gasteiger partial charge on any atom is 0.416 e. The molecule has 30 heavy (non-hydrogen) atoms. The van der Waals surface area contributed by atoms with Gasteiger partial charge in [0, 0.05) is 5.56 Å². The number of ketones is 1. The first kappa shape index (κ1) is 23.7. The van der Waals surface area contributed by atoms with Gasteiger partial charge in [0.1, 0.15) is 22.2 Å². The van der Waals surface area contributed by atoms with Crippen LogP contribution in [0.25, 0.3) is 6.08 Å². The lowest BCUT2D eigenvalue weighted by Crippen LogP contribution is -2.48. The summed E-state index contributed by atoms with van der Waals surface area (Å²) in [6, 6.07) is 4.14. The molecule has 0 radical (unpaired) electrons. The zero-order chi connectivity index (χ0) is 22.9. The summed E-state index contributed by atoms with van der Waals surface area (Å²) in [7, 11) is 0. The first-order valence-corrected chi connectivity index (χ1v) is 8.96. The number of aliphatic carboxylic acids is 1. The molecule has 0 saturated heterocycles. The highest BCUT2D eigenvalue weighted by atomic mass is 35.5. The fraction of sp³-hybridized carbons (Fsp3) is 0.200. The van der Waals surface area contributed by atoms with Crippen LogP contribution in [0.3, 0.4) is 0 Å².